The van der Waals surface area contributed by atoms with Crippen LogP contribution in [0, 0.1) is 0 Å². The summed E-state index contributed by atoms with van der Waals surface area (Å²) in [5.74, 6) is 0. The zero-order valence-corrected chi connectivity index (χ0v) is 14.1. The first-order chi connectivity index (χ1) is 10.8. The van der Waals surface area contributed by atoms with Crippen molar-refractivity contribution in [2.75, 3.05) is 23.0 Å². The van der Waals surface area contributed by atoms with Crippen LogP contribution in [0.25, 0.3) is 0 Å². The molecule has 0 aliphatic carbocycles. The van der Waals surface area contributed by atoms with Crippen LogP contribution in [0.2, 0.25) is 0 Å². The van der Waals surface area contributed by atoms with Crippen LogP contribution >= 0.6 is 23.5 Å². The van der Waals surface area contributed by atoms with Crippen molar-refractivity contribution in [2.24, 2.45) is 0 Å². The topological polar surface area (TPSA) is 37.2 Å². The van der Waals surface area contributed by atoms with E-state index in [4.69, 9.17) is 0 Å². The Morgan fingerprint density at radius 1 is 1.18 bits per heavy atom. The molecule has 0 saturated carbocycles. The maximum Gasteiger partial charge on any atom is 0.216 e. The van der Waals surface area contributed by atoms with E-state index in [0.29, 0.717) is 0 Å². The molecule has 3 heterocycles. The fourth-order valence-corrected chi connectivity index (χ4v) is 5.04. The standard InChI is InChI=1S/C15H17N5S2/c1-3-18(4-2)12-7-5-11(6-8-12)14-20-13(9-21-14)22-15-17-16-10-19(15)20/h5-10,14H,3-4H2,1-2H3. The molecule has 7 heteroatoms. The Morgan fingerprint density at radius 3 is 2.68 bits per heavy atom. The maximum absolute atomic E-state index is 4.14. The number of anilines is 1. The first-order valence-corrected chi connectivity index (χ1v) is 9.15. The fourth-order valence-electron chi connectivity index (χ4n) is 2.83. The van der Waals surface area contributed by atoms with E-state index >= 15 is 0 Å². The van der Waals surface area contributed by atoms with Crippen LogP contribution in [0.3, 0.4) is 0 Å². The highest BCUT2D eigenvalue weighted by atomic mass is 32.2. The number of hydrogen-bond donors (Lipinski definition) is 0. The molecule has 0 spiro atoms. The molecule has 1 atom stereocenters. The summed E-state index contributed by atoms with van der Waals surface area (Å²) in [6.07, 6.45) is 1.78. The van der Waals surface area contributed by atoms with Gasteiger partial charge in [0.1, 0.15) is 16.7 Å². The van der Waals surface area contributed by atoms with E-state index < -0.39 is 0 Å². The van der Waals surface area contributed by atoms with Crippen LogP contribution < -0.4 is 9.91 Å². The molecule has 0 bridgehead atoms. The second-order valence-corrected chi connectivity index (χ2v) is 7.06. The molecule has 4 rings (SSSR count). The van der Waals surface area contributed by atoms with Gasteiger partial charge in [-0.15, -0.1) is 10.2 Å². The van der Waals surface area contributed by atoms with Gasteiger partial charge in [-0.2, -0.15) is 0 Å². The van der Waals surface area contributed by atoms with Crippen LogP contribution in [0.15, 0.2) is 46.2 Å². The van der Waals surface area contributed by atoms with Gasteiger partial charge in [0.25, 0.3) is 0 Å². The smallest absolute Gasteiger partial charge is 0.216 e. The Bertz CT molecular complexity index is 705. The average molecular weight is 331 g/mol. The number of nitrogens with zero attached hydrogens (tertiary/aromatic N) is 5. The van der Waals surface area contributed by atoms with Gasteiger partial charge in [0.2, 0.25) is 5.16 Å². The van der Waals surface area contributed by atoms with Crippen LogP contribution in [-0.2, 0) is 0 Å². The molecule has 2 aliphatic rings. The van der Waals surface area contributed by atoms with Gasteiger partial charge in [-0.1, -0.05) is 23.9 Å². The SMILES string of the molecule is CCN(CC)c1ccc(C2SC=C3Sc4nncn4N32)cc1. The highest BCUT2D eigenvalue weighted by Crippen LogP contribution is 2.50. The molecule has 1 aromatic heterocycles. The van der Waals surface area contributed by atoms with Gasteiger partial charge in [-0.25, -0.2) is 4.68 Å². The minimum atomic E-state index is 0.255. The van der Waals surface area contributed by atoms with Crippen molar-refractivity contribution in [3.05, 3.63) is 46.6 Å². The molecule has 0 saturated heterocycles. The fraction of sp³-hybridized carbons (Fsp3) is 0.333. The maximum atomic E-state index is 4.14. The third-order valence-corrected chi connectivity index (χ3v) is 6.18. The van der Waals surface area contributed by atoms with E-state index in [2.05, 4.69) is 63.6 Å². The average Bonchev–Trinajstić information content (AvgIpc) is 3.21. The van der Waals surface area contributed by atoms with E-state index in [9.17, 15) is 0 Å². The Balaban J connectivity index is 1.61. The molecule has 1 aromatic carbocycles. The predicted molar refractivity (Wildman–Crippen MR) is 92.5 cm³/mol. The molecule has 0 amide bonds. The van der Waals surface area contributed by atoms with Gasteiger partial charge in [0.15, 0.2) is 0 Å². The largest absolute Gasteiger partial charge is 0.372 e. The van der Waals surface area contributed by atoms with E-state index in [0.717, 1.165) is 18.2 Å². The summed E-state index contributed by atoms with van der Waals surface area (Å²) in [7, 11) is 0. The van der Waals surface area contributed by atoms with Crippen molar-refractivity contribution in [3.63, 3.8) is 0 Å². The molecule has 1 unspecified atom stereocenters. The zero-order chi connectivity index (χ0) is 15.1. The van der Waals surface area contributed by atoms with Crippen molar-refractivity contribution < 1.29 is 0 Å². The minimum absolute atomic E-state index is 0.255. The van der Waals surface area contributed by atoms with Crippen molar-refractivity contribution in [1.82, 2.24) is 14.9 Å². The second-order valence-electron chi connectivity index (χ2n) is 5.11. The summed E-state index contributed by atoms with van der Waals surface area (Å²) < 4.78 is 2.04. The van der Waals surface area contributed by atoms with Gasteiger partial charge in [0.05, 0.1) is 0 Å². The summed E-state index contributed by atoms with van der Waals surface area (Å²) in [6.45, 7) is 6.45. The summed E-state index contributed by atoms with van der Waals surface area (Å²) in [5, 5.41) is 15.0. The van der Waals surface area contributed by atoms with E-state index in [1.807, 2.05) is 16.4 Å². The molecule has 22 heavy (non-hydrogen) atoms. The summed E-state index contributed by atoms with van der Waals surface area (Å²) in [5.41, 5.74) is 2.58. The van der Waals surface area contributed by atoms with Crippen LogP contribution in [-0.4, -0.2) is 28.0 Å². The number of aromatic nitrogens is 3. The monoisotopic (exact) mass is 331 g/mol. The van der Waals surface area contributed by atoms with E-state index in [1.54, 1.807) is 18.1 Å². The minimum Gasteiger partial charge on any atom is -0.372 e. The quantitative estimate of drug-likeness (QED) is 0.854. The number of thioether (sulfide) groups is 2. The number of hydrogen-bond acceptors (Lipinski definition) is 6. The first-order valence-electron chi connectivity index (χ1n) is 7.39. The number of benzene rings is 1. The summed E-state index contributed by atoms with van der Waals surface area (Å²) in [6, 6.07) is 8.90. The first kappa shape index (κ1) is 14.0. The van der Waals surface area contributed by atoms with Crippen molar-refractivity contribution >= 4 is 29.2 Å². The molecular weight excluding hydrogens is 314 g/mol. The molecule has 2 aliphatic heterocycles. The van der Waals surface area contributed by atoms with Crippen LogP contribution in [0.4, 0.5) is 5.69 Å². The highest BCUT2D eigenvalue weighted by Gasteiger charge is 2.37. The van der Waals surface area contributed by atoms with Gasteiger partial charge >= 0.3 is 0 Å². The van der Waals surface area contributed by atoms with Crippen molar-refractivity contribution in [1.29, 1.82) is 0 Å². The molecule has 0 fully saturated rings. The van der Waals surface area contributed by atoms with Gasteiger partial charge in [0, 0.05) is 24.2 Å². The molecule has 0 N–H and O–H groups in total. The summed E-state index contributed by atoms with van der Waals surface area (Å²) >= 11 is 3.51. The van der Waals surface area contributed by atoms with E-state index in [-0.39, 0.29) is 5.37 Å². The lowest BCUT2D eigenvalue weighted by Gasteiger charge is -2.25. The van der Waals surface area contributed by atoms with Crippen molar-refractivity contribution in [3.8, 4) is 0 Å². The summed E-state index contributed by atoms with van der Waals surface area (Å²) in [4.78, 5) is 2.36. The molecule has 0 radical (unpaired) electrons. The number of rotatable bonds is 4. The molecule has 114 valence electrons. The van der Waals surface area contributed by atoms with Crippen LogP contribution in [0.5, 0.6) is 0 Å². The van der Waals surface area contributed by atoms with E-state index in [1.165, 1.54) is 16.3 Å². The predicted octanol–water partition coefficient (Wildman–Crippen LogP) is 3.41. The van der Waals surface area contributed by atoms with Gasteiger partial charge in [-0.3, -0.25) is 5.01 Å². The zero-order valence-electron chi connectivity index (χ0n) is 12.5. The van der Waals surface area contributed by atoms with Gasteiger partial charge < -0.3 is 4.90 Å². The molecular formula is C15H17N5S2. The third kappa shape index (κ3) is 2.11. The molecule has 5 nitrogen and oxygen atoms in total. The highest BCUT2D eigenvalue weighted by molar-refractivity contribution is 8.07. The Labute approximate surface area is 138 Å². The lowest BCUT2D eigenvalue weighted by molar-refractivity contribution is 0.634. The normalized spacial score (nSPS) is 19.1. The lowest BCUT2D eigenvalue weighted by atomic mass is 10.2. The van der Waals surface area contributed by atoms with Gasteiger partial charge in [-0.05, 0) is 43.3 Å². The Kier molecular flexibility index (Phi) is 3.54. The Hall–Kier alpha value is -1.60. The third-order valence-electron chi connectivity index (χ3n) is 3.98. The Morgan fingerprint density at radius 2 is 1.95 bits per heavy atom. The van der Waals surface area contributed by atoms with Crippen molar-refractivity contribution in [2.45, 2.75) is 24.4 Å². The lowest BCUT2D eigenvalue weighted by Crippen LogP contribution is -2.28. The molecule has 2 aromatic rings. The second kappa shape index (κ2) is 5.55. The van der Waals surface area contributed by atoms with Crippen LogP contribution in [0.1, 0.15) is 24.8 Å². The number of fused-ring (bicyclic) bond motifs is 3.